The quantitative estimate of drug-likeness (QED) is 0.927. The first-order valence-corrected chi connectivity index (χ1v) is 8.71. The smallest absolute Gasteiger partial charge is 0.317 e. The molecular formula is C20H24FN3O. The second-order valence-electron chi connectivity index (χ2n) is 6.38. The van der Waals surface area contributed by atoms with E-state index in [1.165, 1.54) is 17.3 Å². The van der Waals surface area contributed by atoms with Crippen molar-refractivity contribution in [2.45, 2.75) is 13.3 Å². The Balaban J connectivity index is 1.44. The molecule has 2 aromatic rings. The van der Waals surface area contributed by atoms with Crippen LogP contribution in [0, 0.1) is 12.7 Å². The Hall–Kier alpha value is -2.56. The number of piperazine rings is 1. The van der Waals surface area contributed by atoms with Gasteiger partial charge in [0.2, 0.25) is 0 Å². The zero-order chi connectivity index (χ0) is 17.6. The molecule has 1 fully saturated rings. The Morgan fingerprint density at radius 1 is 1.04 bits per heavy atom. The van der Waals surface area contributed by atoms with Crippen LogP contribution in [0.3, 0.4) is 0 Å². The van der Waals surface area contributed by atoms with Crippen LogP contribution in [0.1, 0.15) is 11.1 Å². The highest BCUT2D eigenvalue weighted by molar-refractivity contribution is 5.74. The third-order valence-electron chi connectivity index (χ3n) is 4.59. The Kier molecular flexibility index (Phi) is 5.53. The maximum Gasteiger partial charge on any atom is 0.317 e. The number of benzene rings is 2. The molecule has 0 bridgehead atoms. The van der Waals surface area contributed by atoms with E-state index in [-0.39, 0.29) is 11.8 Å². The number of carbonyl (C=O) groups is 1. The van der Waals surface area contributed by atoms with Crippen molar-refractivity contribution in [1.29, 1.82) is 0 Å². The van der Waals surface area contributed by atoms with E-state index in [0.29, 0.717) is 31.6 Å². The highest BCUT2D eigenvalue weighted by Gasteiger charge is 2.20. The number of anilines is 1. The molecule has 4 nitrogen and oxygen atoms in total. The number of rotatable bonds is 4. The first-order chi connectivity index (χ1) is 12.1. The van der Waals surface area contributed by atoms with E-state index in [4.69, 9.17) is 0 Å². The molecule has 0 spiro atoms. The maximum atomic E-state index is 13.6. The van der Waals surface area contributed by atoms with Gasteiger partial charge < -0.3 is 15.1 Å². The standard InChI is InChI=1S/C20H24FN3O/c1-16-6-8-18(9-7-16)23-12-14-24(15-13-23)20(25)22-11-10-17-4-2-3-5-19(17)21/h2-9H,10-15H2,1H3,(H,22,25). The van der Waals surface area contributed by atoms with Crippen LogP contribution in [0.25, 0.3) is 0 Å². The summed E-state index contributed by atoms with van der Waals surface area (Å²) in [4.78, 5) is 16.4. The molecule has 0 radical (unpaired) electrons. The Morgan fingerprint density at radius 3 is 2.40 bits per heavy atom. The summed E-state index contributed by atoms with van der Waals surface area (Å²) in [6.45, 7) is 5.55. The molecule has 1 N–H and O–H groups in total. The summed E-state index contributed by atoms with van der Waals surface area (Å²) >= 11 is 0. The van der Waals surface area contributed by atoms with E-state index in [0.717, 1.165) is 13.1 Å². The van der Waals surface area contributed by atoms with E-state index < -0.39 is 0 Å². The molecule has 0 aliphatic carbocycles. The topological polar surface area (TPSA) is 35.6 Å². The van der Waals surface area contributed by atoms with Gasteiger partial charge in [-0.15, -0.1) is 0 Å². The van der Waals surface area contributed by atoms with Gasteiger partial charge in [0.1, 0.15) is 5.82 Å². The molecule has 132 valence electrons. The Bertz CT molecular complexity index is 709. The monoisotopic (exact) mass is 341 g/mol. The second-order valence-corrected chi connectivity index (χ2v) is 6.38. The summed E-state index contributed by atoms with van der Waals surface area (Å²) in [6.07, 6.45) is 0.502. The van der Waals surface area contributed by atoms with E-state index in [1.807, 2.05) is 11.0 Å². The SMILES string of the molecule is Cc1ccc(N2CCN(C(=O)NCCc3ccccc3F)CC2)cc1. The third kappa shape index (κ3) is 4.50. The highest BCUT2D eigenvalue weighted by Crippen LogP contribution is 2.17. The summed E-state index contributed by atoms with van der Waals surface area (Å²) < 4.78 is 13.6. The largest absolute Gasteiger partial charge is 0.368 e. The lowest BCUT2D eigenvalue weighted by Crippen LogP contribution is -2.52. The molecule has 0 saturated carbocycles. The number of hydrogen-bond donors (Lipinski definition) is 1. The van der Waals surface area contributed by atoms with Crippen LogP contribution in [0.2, 0.25) is 0 Å². The molecule has 0 unspecified atom stereocenters. The first kappa shape index (κ1) is 17.3. The first-order valence-electron chi connectivity index (χ1n) is 8.71. The summed E-state index contributed by atoms with van der Waals surface area (Å²) in [6, 6.07) is 15.1. The highest BCUT2D eigenvalue weighted by atomic mass is 19.1. The molecule has 3 rings (SSSR count). The van der Waals surface area contributed by atoms with Crippen molar-refractivity contribution in [1.82, 2.24) is 10.2 Å². The third-order valence-corrected chi connectivity index (χ3v) is 4.59. The minimum absolute atomic E-state index is 0.0695. The molecule has 2 amide bonds. The van der Waals surface area contributed by atoms with Crippen molar-refractivity contribution < 1.29 is 9.18 Å². The fourth-order valence-corrected chi connectivity index (χ4v) is 3.04. The van der Waals surface area contributed by atoms with Gasteiger partial charge in [0.25, 0.3) is 0 Å². The molecule has 25 heavy (non-hydrogen) atoms. The van der Waals surface area contributed by atoms with Crippen LogP contribution in [0.15, 0.2) is 48.5 Å². The van der Waals surface area contributed by atoms with Crippen molar-refractivity contribution >= 4 is 11.7 Å². The fourth-order valence-electron chi connectivity index (χ4n) is 3.04. The molecule has 0 atom stereocenters. The minimum atomic E-state index is -0.219. The van der Waals surface area contributed by atoms with Crippen LogP contribution >= 0.6 is 0 Å². The van der Waals surface area contributed by atoms with Crippen molar-refractivity contribution in [3.63, 3.8) is 0 Å². The Labute approximate surface area is 148 Å². The van der Waals surface area contributed by atoms with Crippen molar-refractivity contribution in [3.05, 3.63) is 65.5 Å². The van der Waals surface area contributed by atoms with Gasteiger partial charge >= 0.3 is 6.03 Å². The van der Waals surface area contributed by atoms with Crippen molar-refractivity contribution in [3.8, 4) is 0 Å². The van der Waals surface area contributed by atoms with Gasteiger partial charge in [-0.05, 0) is 37.1 Å². The predicted octanol–water partition coefficient (Wildman–Crippen LogP) is 3.21. The summed E-state index contributed by atoms with van der Waals surface area (Å²) in [5.74, 6) is -0.219. The Morgan fingerprint density at radius 2 is 1.72 bits per heavy atom. The predicted molar refractivity (Wildman–Crippen MR) is 98.5 cm³/mol. The van der Waals surface area contributed by atoms with Crippen LogP contribution < -0.4 is 10.2 Å². The number of nitrogens with one attached hydrogen (secondary N) is 1. The lowest BCUT2D eigenvalue weighted by Gasteiger charge is -2.36. The molecule has 0 aromatic heterocycles. The molecule has 2 aromatic carbocycles. The molecule has 5 heteroatoms. The lowest BCUT2D eigenvalue weighted by molar-refractivity contribution is 0.194. The van der Waals surface area contributed by atoms with Gasteiger partial charge in [-0.25, -0.2) is 9.18 Å². The molecule has 1 saturated heterocycles. The number of urea groups is 1. The average Bonchev–Trinajstić information content (AvgIpc) is 2.64. The molecular weight excluding hydrogens is 317 g/mol. The molecule has 1 aliphatic heterocycles. The zero-order valence-electron chi connectivity index (χ0n) is 14.5. The van der Waals surface area contributed by atoms with Gasteiger partial charge in [0.05, 0.1) is 0 Å². The van der Waals surface area contributed by atoms with Crippen LogP contribution in [-0.4, -0.2) is 43.7 Å². The van der Waals surface area contributed by atoms with E-state index >= 15 is 0 Å². The summed E-state index contributed by atoms with van der Waals surface area (Å²) in [5.41, 5.74) is 3.08. The van der Waals surface area contributed by atoms with Crippen molar-refractivity contribution in [2.75, 3.05) is 37.6 Å². The van der Waals surface area contributed by atoms with Crippen molar-refractivity contribution in [2.24, 2.45) is 0 Å². The van der Waals surface area contributed by atoms with Gasteiger partial charge in [0.15, 0.2) is 0 Å². The molecule has 1 heterocycles. The number of hydrogen-bond acceptors (Lipinski definition) is 2. The number of aryl methyl sites for hydroxylation is 1. The number of nitrogens with zero attached hydrogens (tertiary/aromatic N) is 2. The summed E-state index contributed by atoms with van der Waals surface area (Å²) in [5, 5.41) is 2.89. The maximum absolute atomic E-state index is 13.6. The average molecular weight is 341 g/mol. The van der Waals surface area contributed by atoms with Gasteiger partial charge in [-0.2, -0.15) is 0 Å². The van der Waals surface area contributed by atoms with Crippen LogP contribution in [0.4, 0.5) is 14.9 Å². The van der Waals surface area contributed by atoms with Gasteiger partial charge in [0, 0.05) is 38.4 Å². The zero-order valence-corrected chi connectivity index (χ0v) is 14.5. The minimum Gasteiger partial charge on any atom is -0.368 e. The van der Waals surface area contributed by atoms with E-state index in [1.54, 1.807) is 12.1 Å². The van der Waals surface area contributed by atoms with E-state index in [9.17, 15) is 9.18 Å². The van der Waals surface area contributed by atoms with E-state index in [2.05, 4.69) is 41.4 Å². The second kappa shape index (κ2) is 8.01. The van der Waals surface area contributed by atoms with Crippen LogP contribution in [-0.2, 0) is 6.42 Å². The number of carbonyl (C=O) groups excluding carboxylic acids is 1. The van der Waals surface area contributed by atoms with Gasteiger partial charge in [-0.3, -0.25) is 0 Å². The number of amides is 2. The van der Waals surface area contributed by atoms with Crippen LogP contribution in [0.5, 0.6) is 0 Å². The fraction of sp³-hybridized carbons (Fsp3) is 0.350. The molecule has 1 aliphatic rings. The normalized spacial score (nSPS) is 14.5. The lowest BCUT2D eigenvalue weighted by atomic mass is 10.1. The number of halogens is 1. The summed E-state index contributed by atoms with van der Waals surface area (Å²) in [7, 11) is 0. The van der Waals surface area contributed by atoms with Gasteiger partial charge in [-0.1, -0.05) is 35.9 Å².